The molecular weight excluding hydrogens is 212 g/mol. The minimum absolute atomic E-state index is 0.699. The molecule has 0 aliphatic carbocycles. The predicted molar refractivity (Wildman–Crippen MR) is 64.3 cm³/mol. The van der Waals surface area contributed by atoms with Crippen LogP contribution in [-0.2, 0) is 0 Å². The Bertz CT molecular complexity index is 346. The van der Waals surface area contributed by atoms with Crippen molar-refractivity contribution in [1.29, 1.82) is 0 Å². The first-order chi connectivity index (χ1) is 6.88. The highest BCUT2D eigenvalue weighted by atomic mass is 35.7. The fourth-order valence-electron chi connectivity index (χ4n) is 1.27. The molecule has 0 amide bonds. The van der Waals surface area contributed by atoms with Gasteiger partial charge >= 0.3 is 0 Å². The molecule has 0 fully saturated rings. The van der Waals surface area contributed by atoms with Crippen LogP contribution in [0.2, 0.25) is 0 Å². The van der Waals surface area contributed by atoms with E-state index in [-0.39, 0.29) is 0 Å². The smallest absolute Gasteiger partial charge is 0.00455 e. The standard InChI is InChI=1S/C12H11ClS/c13-14(11-7-3-1-4-8-11)12-9-5-2-6-10-12/h1-10,14H. The van der Waals surface area contributed by atoms with Crippen molar-refractivity contribution >= 4 is 20.8 Å². The first-order valence-electron chi connectivity index (χ1n) is 4.44. The molecular formula is C12H11ClS. The van der Waals surface area contributed by atoms with Crippen LogP contribution in [0.1, 0.15) is 0 Å². The van der Waals surface area contributed by atoms with E-state index in [4.69, 9.17) is 10.7 Å². The van der Waals surface area contributed by atoms with Crippen molar-refractivity contribution < 1.29 is 0 Å². The van der Waals surface area contributed by atoms with Crippen molar-refractivity contribution in [1.82, 2.24) is 0 Å². The lowest BCUT2D eigenvalue weighted by atomic mass is 10.4. The molecule has 14 heavy (non-hydrogen) atoms. The number of thiol groups is 1. The third kappa shape index (κ3) is 2.11. The number of hydrogen-bond acceptors (Lipinski definition) is 0. The molecule has 0 nitrogen and oxygen atoms in total. The van der Waals surface area contributed by atoms with Crippen LogP contribution in [0.5, 0.6) is 0 Å². The Kier molecular flexibility index (Phi) is 3.12. The van der Waals surface area contributed by atoms with Gasteiger partial charge in [-0.3, -0.25) is 0 Å². The highest BCUT2D eigenvalue weighted by molar-refractivity contribution is 8.36. The second-order valence-corrected chi connectivity index (χ2v) is 5.56. The molecule has 2 heteroatoms. The van der Waals surface area contributed by atoms with E-state index in [1.54, 1.807) is 0 Å². The lowest BCUT2D eigenvalue weighted by Gasteiger charge is -2.13. The van der Waals surface area contributed by atoms with Crippen molar-refractivity contribution in [2.75, 3.05) is 0 Å². The largest absolute Gasteiger partial charge is 0.120 e. The van der Waals surface area contributed by atoms with Gasteiger partial charge in [0.2, 0.25) is 0 Å². The third-order valence-corrected chi connectivity index (χ3v) is 4.64. The van der Waals surface area contributed by atoms with Crippen LogP contribution < -0.4 is 0 Å². The van der Waals surface area contributed by atoms with Crippen molar-refractivity contribution in [3.63, 3.8) is 0 Å². The van der Waals surface area contributed by atoms with Gasteiger partial charge in [0.25, 0.3) is 0 Å². The molecule has 0 spiro atoms. The molecule has 0 aliphatic heterocycles. The fraction of sp³-hybridized carbons (Fsp3) is 0. The molecule has 0 N–H and O–H groups in total. The summed E-state index contributed by atoms with van der Waals surface area (Å²) in [5.41, 5.74) is 0. The van der Waals surface area contributed by atoms with Crippen molar-refractivity contribution in [3.8, 4) is 0 Å². The Balaban J connectivity index is 2.30. The molecule has 0 bridgehead atoms. The van der Waals surface area contributed by atoms with Crippen LogP contribution >= 0.6 is 20.8 Å². The van der Waals surface area contributed by atoms with Gasteiger partial charge in [0.15, 0.2) is 0 Å². The number of rotatable bonds is 2. The lowest BCUT2D eigenvalue weighted by molar-refractivity contribution is 1.40. The topological polar surface area (TPSA) is 0 Å². The first-order valence-corrected chi connectivity index (χ1v) is 6.68. The van der Waals surface area contributed by atoms with E-state index in [0.717, 1.165) is 0 Å². The van der Waals surface area contributed by atoms with Crippen LogP contribution in [0.4, 0.5) is 0 Å². The van der Waals surface area contributed by atoms with Gasteiger partial charge in [0.05, 0.1) is 0 Å². The van der Waals surface area contributed by atoms with Gasteiger partial charge in [0, 0.05) is 9.79 Å². The quantitative estimate of drug-likeness (QED) is 0.722. The van der Waals surface area contributed by atoms with Gasteiger partial charge in [-0.1, -0.05) is 47.1 Å². The zero-order chi connectivity index (χ0) is 9.80. The van der Waals surface area contributed by atoms with Gasteiger partial charge in [-0.05, 0) is 24.3 Å². The van der Waals surface area contributed by atoms with Crippen molar-refractivity contribution in [3.05, 3.63) is 60.7 Å². The Morgan fingerprint density at radius 1 is 0.643 bits per heavy atom. The van der Waals surface area contributed by atoms with Gasteiger partial charge < -0.3 is 0 Å². The van der Waals surface area contributed by atoms with Gasteiger partial charge in [-0.2, -0.15) is 0 Å². The normalized spacial score (nSPS) is 11.1. The summed E-state index contributed by atoms with van der Waals surface area (Å²) in [7, 11) is 5.70. The van der Waals surface area contributed by atoms with E-state index in [1.807, 2.05) is 36.4 Å². The molecule has 2 aromatic rings. The lowest BCUT2D eigenvalue weighted by Crippen LogP contribution is -1.77. The highest BCUT2D eigenvalue weighted by Gasteiger charge is 2.03. The first kappa shape index (κ1) is 9.63. The number of halogens is 1. The Hall–Kier alpha value is -0.920. The summed E-state index contributed by atoms with van der Waals surface area (Å²) in [5, 5.41) is 0. The predicted octanol–water partition coefficient (Wildman–Crippen LogP) is 4.26. The van der Waals surface area contributed by atoms with Gasteiger partial charge in [-0.25, -0.2) is 0 Å². The Labute approximate surface area is 91.4 Å². The highest BCUT2D eigenvalue weighted by Crippen LogP contribution is 2.47. The average Bonchev–Trinajstić information content (AvgIpc) is 2.30. The van der Waals surface area contributed by atoms with Crippen LogP contribution in [-0.4, -0.2) is 0 Å². The summed E-state index contributed by atoms with van der Waals surface area (Å²) in [6.07, 6.45) is 0. The maximum absolute atomic E-state index is 6.40. The molecule has 0 atom stereocenters. The van der Waals surface area contributed by atoms with Crippen molar-refractivity contribution in [2.45, 2.75) is 9.79 Å². The molecule has 0 aliphatic rings. The molecule has 2 aromatic carbocycles. The maximum Gasteiger partial charge on any atom is 0.00455 e. The monoisotopic (exact) mass is 222 g/mol. The fourth-order valence-corrected chi connectivity index (χ4v) is 3.11. The minimum Gasteiger partial charge on any atom is -0.120 e. The van der Waals surface area contributed by atoms with Crippen LogP contribution in [0.3, 0.4) is 0 Å². The van der Waals surface area contributed by atoms with Gasteiger partial charge in [0.1, 0.15) is 0 Å². The number of benzene rings is 2. The summed E-state index contributed by atoms with van der Waals surface area (Å²) >= 11 is 0. The molecule has 2 rings (SSSR count). The minimum atomic E-state index is -0.699. The second-order valence-electron chi connectivity index (χ2n) is 2.95. The molecule has 0 saturated heterocycles. The summed E-state index contributed by atoms with van der Waals surface area (Å²) in [6, 6.07) is 20.4. The summed E-state index contributed by atoms with van der Waals surface area (Å²) < 4.78 is 0. The second kappa shape index (κ2) is 4.54. The van der Waals surface area contributed by atoms with E-state index in [2.05, 4.69) is 24.3 Å². The van der Waals surface area contributed by atoms with Gasteiger partial charge in [-0.15, -0.1) is 10.1 Å². The summed E-state index contributed by atoms with van der Waals surface area (Å²) in [5.74, 6) is 0. The van der Waals surface area contributed by atoms with Crippen LogP contribution in [0.15, 0.2) is 70.5 Å². The average molecular weight is 223 g/mol. The van der Waals surface area contributed by atoms with E-state index in [9.17, 15) is 0 Å². The molecule has 0 aromatic heterocycles. The Morgan fingerprint density at radius 2 is 1.00 bits per heavy atom. The summed E-state index contributed by atoms with van der Waals surface area (Å²) in [6.45, 7) is 0. The van der Waals surface area contributed by atoms with E-state index < -0.39 is 10.1 Å². The SMILES string of the molecule is Cl[SH](c1ccccc1)c1ccccc1. The molecule has 0 unspecified atom stereocenters. The van der Waals surface area contributed by atoms with E-state index >= 15 is 0 Å². The Morgan fingerprint density at radius 3 is 1.36 bits per heavy atom. The zero-order valence-electron chi connectivity index (χ0n) is 7.60. The molecule has 72 valence electrons. The summed E-state index contributed by atoms with van der Waals surface area (Å²) in [4.78, 5) is 2.41. The molecule has 0 saturated carbocycles. The van der Waals surface area contributed by atoms with E-state index in [0.29, 0.717) is 0 Å². The zero-order valence-corrected chi connectivity index (χ0v) is 9.25. The van der Waals surface area contributed by atoms with Crippen molar-refractivity contribution in [2.24, 2.45) is 0 Å². The molecule has 0 heterocycles. The van der Waals surface area contributed by atoms with Crippen LogP contribution in [0, 0.1) is 0 Å². The van der Waals surface area contributed by atoms with E-state index in [1.165, 1.54) is 9.79 Å². The maximum atomic E-state index is 6.40. The molecule has 0 radical (unpaired) electrons. The number of hydrogen-bond donors (Lipinski definition) is 1. The van der Waals surface area contributed by atoms with Crippen LogP contribution in [0.25, 0.3) is 0 Å². The third-order valence-electron chi connectivity index (χ3n) is 1.97.